The lowest BCUT2D eigenvalue weighted by Crippen LogP contribution is -2.26. The van der Waals surface area contributed by atoms with E-state index < -0.39 is 11.7 Å². The second-order valence-corrected chi connectivity index (χ2v) is 7.09. The van der Waals surface area contributed by atoms with Crippen LogP contribution in [0.1, 0.15) is 31.4 Å². The van der Waals surface area contributed by atoms with E-state index in [0.717, 1.165) is 43.4 Å². The van der Waals surface area contributed by atoms with Crippen LogP contribution in [0.3, 0.4) is 0 Å². The highest BCUT2D eigenvalue weighted by Crippen LogP contribution is 2.37. The molecule has 1 aromatic heterocycles. The van der Waals surface area contributed by atoms with Gasteiger partial charge >= 0.3 is 6.18 Å². The third-order valence-corrected chi connectivity index (χ3v) is 5.11. The van der Waals surface area contributed by atoms with E-state index >= 15 is 0 Å². The van der Waals surface area contributed by atoms with Crippen molar-refractivity contribution in [1.29, 1.82) is 0 Å². The smallest absolute Gasteiger partial charge is 0.374 e. The highest BCUT2D eigenvalue weighted by molar-refractivity contribution is 5.99. The zero-order valence-corrected chi connectivity index (χ0v) is 17.3. The molecule has 1 aromatic carbocycles. The normalized spacial score (nSPS) is 13.7. The summed E-state index contributed by atoms with van der Waals surface area (Å²) in [5.41, 5.74) is 1.25. The van der Waals surface area contributed by atoms with E-state index in [-0.39, 0.29) is 5.69 Å². The Balaban J connectivity index is 1.63. The number of rotatable bonds is 9. The largest absolute Gasteiger partial charge is 0.418 e. The van der Waals surface area contributed by atoms with E-state index in [4.69, 9.17) is 4.74 Å². The Morgan fingerprint density at radius 2 is 1.97 bits per heavy atom. The van der Waals surface area contributed by atoms with Gasteiger partial charge in [0.1, 0.15) is 12.4 Å². The molecule has 2 heterocycles. The van der Waals surface area contributed by atoms with Gasteiger partial charge in [-0.15, -0.1) is 0 Å². The summed E-state index contributed by atoms with van der Waals surface area (Å²) in [7, 11) is 0. The first-order chi connectivity index (χ1) is 14.4. The maximum absolute atomic E-state index is 13.3. The summed E-state index contributed by atoms with van der Waals surface area (Å²) in [4.78, 5) is 10.8. The van der Waals surface area contributed by atoms with Crippen LogP contribution in [0.5, 0.6) is 0 Å². The monoisotopic (exact) mass is 420 g/mol. The number of ether oxygens (including phenoxy) is 1. The van der Waals surface area contributed by atoms with Gasteiger partial charge in [0.15, 0.2) is 0 Å². The van der Waals surface area contributed by atoms with Crippen LogP contribution in [0.4, 0.5) is 18.9 Å². The van der Waals surface area contributed by atoms with Crippen molar-refractivity contribution in [3.05, 3.63) is 47.7 Å². The number of halogens is 3. The second kappa shape index (κ2) is 10.0. The van der Waals surface area contributed by atoms with Crippen molar-refractivity contribution < 1.29 is 17.9 Å². The zero-order valence-electron chi connectivity index (χ0n) is 17.3. The van der Waals surface area contributed by atoms with Crippen molar-refractivity contribution in [2.24, 2.45) is 4.99 Å². The fourth-order valence-corrected chi connectivity index (χ4v) is 3.40. The van der Waals surface area contributed by atoms with E-state index in [0.29, 0.717) is 31.2 Å². The van der Waals surface area contributed by atoms with Crippen LogP contribution in [-0.2, 0) is 17.5 Å². The highest BCUT2D eigenvalue weighted by atomic mass is 19.4. The average molecular weight is 420 g/mol. The molecular weight excluding hydrogens is 393 g/mol. The molecular formula is C22H27F3N4O. The number of hydrogen-bond donors (Lipinski definition) is 1. The Morgan fingerprint density at radius 3 is 2.70 bits per heavy atom. The average Bonchev–Trinajstić information content (AvgIpc) is 2.75. The lowest BCUT2D eigenvalue weighted by molar-refractivity contribution is -0.137. The maximum atomic E-state index is 13.3. The quantitative estimate of drug-likeness (QED) is 0.590. The molecule has 1 aliphatic rings. The van der Waals surface area contributed by atoms with Gasteiger partial charge in [-0.3, -0.25) is 9.98 Å². The van der Waals surface area contributed by atoms with Crippen molar-refractivity contribution in [2.45, 2.75) is 33.0 Å². The maximum Gasteiger partial charge on any atom is 0.418 e. The lowest BCUT2D eigenvalue weighted by Gasteiger charge is -2.21. The minimum atomic E-state index is -4.46. The second-order valence-electron chi connectivity index (χ2n) is 7.09. The highest BCUT2D eigenvalue weighted by Gasteiger charge is 2.34. The van der Waals surface area contributed by atoms with Crippen LogP contribution in [0.15, 0.2) is 41.5 Å². The van der Waals surface area contributed by atoms with Gasteiger partial charge in [0, 0.05) is 30.6 Å². The predicted molar refractivity (Wildman–Crippen MR) is 113 cm³/mol. The van der Waals surface area contributed by atoms with Gasteiger partial charge in [0.25, 0.3) is 0 Å². The van der Waals surface area contributed by atoms with Crippen LogP contribution >= 0.6 is 0 Å². The molecule has 3 rings (SSSR count). The summed E-state index contributed by atoms with van der Waals surface area (Å²) >= 11 is 0. The number of alkyl halides is 3. The minimum absolute atomic E-state index is 0.0775. The standard InChI is InChI=1S/C22H27F3N4O/c1-3-29(4-2)11-6-12-30-15-20-27-14-17-9-8-16(13-19(17)28-20)21-18(22(23,24)25)7-5-10-26-21/h5,7-10,13H,3-4,6,11-12,14-15H2,1-2H3,(H,27,28). The molecule has 0 amide bonds. The molecule has 0 saturated heterocycles. The number of pyridine rings is 1. The molecule has 0 radical (unpaired) electrons. The van der Waals surface area contributed by atoms with Crippen molar-refractivity contribution in [1.82, 2.24) is 9.88 Å². The van der Waals surface area contributed by atoms with E-state index in [2.05, 4.69) is 34.0 Å². The number of nitrogens with one attached hydrogen (secondary N) is 1. The van der Waals surface area contributed by atoms with Crippen LogP contribution < -0.4 is 5.32 Å². The van der Waals surface area contributed by atoms with Gasteiger partial charge < -0.3 is 15.0 Å². The third-order valence-electron chi connectivity index (χ3n) is 5.11. The third kappa shape index (κ3) is 5.58. The van der Waals surface area contributed by atoms with E-state index in [1.807, 2.05) is 0 Å². The number of aromatic nitrogens is 1. The Labute approximate surface area is 175 Å². The molecule has 8 heteroatoms. The number of nitrogens with zero attached hydrogens (tertiary/aromatic N) is 3. The summed E-state index contributed by atoms with van der Waals surface area (Å²) in [6, 6.07) is 7.49. The Morgan fingerprint density at radius 1 is 1.17 bits per heavy atom. The molecule has 0 bridgehead atoms. The molecule has 162 valence electrons. The van der Waals surface area contributed by atoms with Crippen molar-refractivity contribution in [2.75, 3.05) is 38.2 Å². The Hall–Kier alpha value is -2.45. The zero-order chi connectivity index (χ0) is 21.6. The number of benzene rings is 1. The molecule has 5 nitrogen and oxygen atoms in total. The molecule has 0 aliphatic carbocycles. The van der Waals surface area contributed by atoms with Gasteiger partial charge in [-0.25, -0.2) is 0 Å². The van der Waals surface area contributed by atoms with E-state index in [1.165, 1.54) is 12.3 Å². The first kappa shape index (κ1) is 22.2. The number of aliphatic imine (C=N–C) groups is 1. The topological polar surface area (TPSA) is 49.8 Å². The number of anilines is 1. The fourth-order valence-electron chi connectivity index (χ4n) is 3.40. The summed E-state index contributed by atoms with van der Waals surface area (Å²) in [6.07, 6.45) is -2.15. The van der Waals surface area contributed by atoms with E-state index in [1.54, 1.807) is 18.2 Å². The van der Waals surface area contributed by atoms with Gasteiger partial charge in [-0.2, -0.15) is 13.2 Å². The summed E-state index contributed by atoms with van der Waals surface area (Å²) in [5, 5.41) is 3.19. The van der Waals surface area contributed by atoms with Gasteiger partial charge in [-0.05, 0) is 43.3 Å². The molecule has 1 aliphatic heterocycles. The first-order valence-corrected chi connectivity index (χ1v) is 10.2. The lowest BCUT2D eigenvalue weighted by atomic mass is 10.0. The van der Waals surface area contributed by atoms with Gasteiger partial charge in [0.2, 0.25) is 0 Å². The SMILES string of the molecule is CCN(CC)CCCOCC1=NCc2ccc(-c3ncccc3C(F)(F)F)cc2N1. The molecule has 30 heavy (non-hydrogen) atoms. The van der Waals surface area contributed by atoms with Crippen LogP contribution in [0.25, 0.3) is 11.3 Å². The summed E-state index contributed by atoms with van der Waals surface area (Å²) in [6.45, 7) is 8.76. The Bertz CT molecular complexity index is 879. The molecule has 0 atom stereocenters. The summed E-state index contributed by atoms with van der Waals surface area (Å²) in [5.74, 6) is 0.680. The fraction of sp³-hybridized carbons (Fsp3) is 0.455. The minimum Gasteiger partial charge on any atom is -0.374 e. The van der Waals surface area contributed by atoms with Gasteiger partial charge in [-0.1, -0.05) is 26.0 Å². The van der Waals surface area contributed by atoms with Crippen molar-refractivity contribution >= 4 is 11.5 Å². The van der Waals surface area contributed by atoms with Gasteiger partial charge in [0.05, 0.1) is 17.8 Å². The van der Waals surface area contributed by atoms with Crippen LogP contribution in [0, 0.1) is 0 Å². The molecule has 1 N–H and O–H groups in total. The molecule has 0 spiro atoms. The number of hydrogen-bond acceptors (Lipinski definition) is 5. The van der Waals surface area contributed by atoms with Crippen molar-refractivity contribution in [3.8, 4) is 11.3 Å². The van der Waals surface area contributed by atoms with Crippen LogP contribution in [0.2, 0.25) is 0 Å². The number of amidine groups is 1. The van der Waals surface area contributed by atoms with E-state index in [9.17, 15) is 13.2 Å². The number of fused-ring (bicyclic) bond motifs is 1. The molecule has 0 unspecified atom stereocenters. The predicted octanol–water partition coefficient (Wildman–Crippen LogP) is 4.84. The first-order valence-electron chi connectivity index (χ1n) is 10.2. The van der Waals surface area contributed by atoms with Crippen LogP contribution in [-0.4, -0.2) is 48.6 Å². The molecule has 2 aromatic rings. The van der Waals surface area contributed by atoms with Crippen molar-refractivity contribution in [3.63, 3.8) is 0 Å². The Kier molecular flexibility index (Phi) is 7.44. The molecule has 0 saturated carbocycles. The summed E-state index contributed by atoms with van der Waals surface area (Å²) < 4.78 is 45.7. The molecule has 0 fully saturated rings.